The molecular weight excluding hydrogens is 358 g/mol. The SMILES string of the molecule is Cc1cc(OS(=O)(=O)O)cc(C)c1C(=O)c1ccc(N=NN(C)C)cc1. The van der Waals surface area contributed by atoms with Crippen molar-refractivity contribution in [3.8, 4) is 5.75 Å². The van der Waals surface area contributed by atoms with E-state index in [-0.39, 0.29) is 11.5 Å². The summed E-state index contributed by atoms with van der Waals surface area (Å²) in [7, 11) is -1.12. The summed E-state index contributed by atoms with van der Waals surface area (Å²) in [6, 6.07) is 9.42. The second kappa shape index (κ2) is 7.63. The molecular formula is C17H19N3O5S. The number of carbonyl (C=O) groups excluding carboxylic acids is 1. The summed E-state index contributed by atoms with van der Waals surface area (Å²) in [5.41, 5.74) is 2.58. The van der Waals surface area contributed by atoms with Crippen molar-refractivity contribution in [2.24, 2.45) is 10.3 Å². The maximum absolute atomic E-state index is 12.8. The van der Waals surface area contributed by atoms with Gasteiger partial charge in [0.25, 0.3) is 0 Å². The number of hydrogen-bond donors (Lipinski definition) is 1. The summed E-state index contributed by atoms with van der Waals surface area (Å²) in [6.07, 6.45) is 0. The Labute approximate surface area is 152 Å². The topological polar surface area (TPSA) is 109 Å². The molecule has 1 N–H and O–H groups in total. The quantitative estimate of drug-likeness (QED) is 0.358. The summed E-state index contributed by atoms with van der Waals surface area (Å²) in [5, 5.41) is 9.44. The Morgan fingerprint density at radius 3 is 2.08 bits per heavy atom. The first-order chi connectivity index (χ1) is 12.1. The Morgan fingerprint density at radius 1 is 1.08 bits per heavy atom. The highest BCUT2D eigenvalue weighted by Crippen LogP contribution is 2.26. The average molecular weight is 377 g/mol. The van der Waals surface area contributed by atoms with Gasteiger partial charge >= 0.3 is 10.4 Å². The van der Waals surface area contributed by atoms with Crippen LogP contribution in [0.25, 0.3) is 0 Å². The van der Waals surface area contributed by atoms with Crippen LogP contribution in [-0.4, -0.2) is 37.9 Å². The van der Waals surface area contributed by atoms with Crippen LogP contribution in [0.5, 0.6) is 5.75 Å². The van der Waals surface area contributed by atoms with E-state index >= 15 is 0 Å². The van der Waals surface area contributed by atoms with Crippen molar-refractivity contribution in [1.29, 1.82) is 0 Å². The van der Waals surface area contributed by atoms with Gasteiger partial charge in [-0.05, 0) is 61.4 Å². The minimum atomic E-state index is -4.62. The number of rotatable bonds is 6. The van der Waals surface area contributed by atoms with Crippen molar-refractivity contribution in [1.82, 2.24) is 5.01 Å². The lowest BCUT2D eigenvalue weighted by Gasteiger charge is -2.11. The zero-order valence-electron chi connectivity index (χ0n) is 14.8. The third-order valence-corrected chi connectivity index (χ3v) is 3.81. The predicted octanol–water partition coefficient (Wildman–Crippen LogP) is 3.28. The number of benzene rings is 2. The highest BCUT2D eigenvalue weighted by atomic mass is 32.3. The Kier molecular flexibility index (Phi) is 5.73. The van der Waals surface area contributed by atoms with Crippen LogP contribution < -0.4 is 4.18 Å². The van der Waals surface area contributed by atoms with E-state index in [1.807, 2.05) is 0 Å². The first-order valence-electron chi connectivity index (χ1n) is 7.58. The molecule has 26 heavy (non-hydrogen) atoms. The minimum Gasteiger partial charge on any atom is -0.362 e. The molecule has 0 saturated heterocycles. The van der Waals surface area contributed by atoms with Crippen LogP contribution in [0.3, 0.4) is 0 Å². The fraction of sp³-hybridized carbons (Fsp3) is 0.235. The molecule has 0 unspecified atom stereocenters. The molecule has 2 aromatic carbocycles. The Bertz CT molecular complexity index is 928. The number of nitrogens with zero attached hydrogens (tertiary/aromatic N) is 3. The van der Waals surface area contributed by atoms with Crippen LogP contribution in [0.4, 0.5) is 5.69 Å². The van der Waals surface area contributed by atoms with E-state index in [2.05, 4.69) is 14.5 Å². The molecule has 0 saturated carbocycles. The Hall–Kier alpha value is -2.78. The van der Waals surface area contributed by atoms with Gasteiger partial charge in [-0.2, -0.15) is 8.42 Å². The summed E-state index contributed by atoms with van der Waals surface area (Å²) in [6.45, 7) is 3.33. The van der Waals surface area contributed by atoms with Gasteiger partial charge in [-0.25, -0.2) is 0 Å². The summed E-state index contributed by atoms with van der Waals surface area (Å²) in [4.78, 5) is 12.8. The van der Waals surface area contributed by atoms with E-state index in [0.717, 1.165) is 0 Å². The normalized spacial score (nSPS) is 11.6. The average Bonchev–Trinajstić information content (AvgIpc) is 2.51. The number of carbonyl (C=O) groups is 1. The van der Waals surface area contributed by atoms with Crippen molar-refractivity contribution in [3.63, 3.8) is 0 Å². The summed E-state index contributed by atoms with van der Waals surface area (Å²) < 4.78 is 34.9. The molecule has 138 valence electrons. The molecule has 0 spiro atoms. The van der Waals surface area contributed by atoms with E-state index in [4.69, 9.17) is 4.55 Å². The van der Waals surface area contributed by atoms with Crippen LogP contribution in [0.15, 0.2) is 46.7 Å². The highest BCUT2D eigenvalue weighted by molar-refractivity contribution is 7.81. The van der Waals surface area contributed by atoms with Gasteiger partial charge < -0.3 is 4.18 Å². The summed E-state index contributed by atoms with van der Waals surface area (Å²) in [5.74, 6) is -0.270. The van der Waals surface area contributed by atoms with Gasteiger partial charge in [0.2, 0.25) is 0 Å². The van der Waals surface area contributed by atoms with Crippen LogP contribution >= 0.6 is 0 Å². The van der Waals surface area contributed by atoms with Gasteiger partial charge in [0, 0.05) is 25.2 Å². The van der Waals surface area contributed by atoms with E-state index in [0.29, 0.717) is 27.9 Å². The van der Waals surface area contributed by atoms with Gasteiger partial charge in [0.1, 0.15) is 5.75 Å². The Morgan fingerprint density at radius 2 is 1.62 bits per heavy atom. The first-order valence-corrected chi connectivity index (χ1v) is 8.95. The van der Waals surface area contributed by atoms with E-state index < -0.39 is 10.4 Å². The zero-order valence-corrected chi connectivity index (χ0v) is 15.6. The first kappa shape index (κ1) is 19.5. The number of hydrogen-bond acceptors (Lipinski definition) is 6. The molecule has 0 bridgehead atoms. The maximum atomic E-state index is 12.8. The molecule has 0 aliphatic rings. The molecule has 0 radical (unpaired) electrons. The lowest BCUT2D eigenvalue weighted by Crippen LogP contribution is -2.10. The summed E-state index contributed by atoms with van der Waals surface area (Å²) >= 11 is 0. The molecule has 0 aliphatic heterocycles. The van der Waals surface area contributed by atoms with Crippen LogP contribution in [0, 0.1) is 13.8 Å². The lowest BCUT2D eigenvalue weighted by atomic mass is 9.94. The largest absolute Gasteiger partial charge is 0.446 e. The minimum absolute atomic E-state index is 0.0569. The molecule has 2 aromatic rings. The zero-order chi connectivity index (χ0) is 19.5. The van der Waals surface area contributed by atoms with Gasteiger partial charge in [-0.3, -0.25) is 14.4 Å². The molecule has 0 fully saturated rings. The van der Waals surface area contributed by atoms with Crippen molar-refractivity contribution in [2.75, 3.05) is 14.1 Å². The predicted molar refractivity (Wildman–Crippen MR) is 96.2 cm³/mol. The van der Waals surface area contributed by atoms with E-state index in [1.54, 1.807) is 57.2 Å². The Balaban J connectivity index is 2.32. The second-order valence-electron chi connectivity index (χ2n) is 5.86. The van der Waals surface area contributed by atoms with Crippen LogP contribution in [0.2, 0.25) is 0 Å². The number of aryl methyl sites for hydroxylation is 2. The molecule has 2 rings (SSSR count). The van der Waals surface area contributed by atoms with E-state index in [1.165, 1.54) is 12.1 Å². The van der Waals surface area contributed by atoms with Gasteiger partial charge in [0.05, 0.1) is 5.69 Å². The smallest absolute Gasteiger partial charge is 0.362 e. The van der Waals surface area contributed by atoms with Gasteiger partial charge in [-0.15, -0.1) is 5.11 Å². The molecule has 9 heteroatoms. The molecule has 0 heterocycles. The van der Waals surface area contributed by atoms with Crippen LogP contribution in [-0.2, 0) is 10.4 Å². The monoisotopic (exact) mass is 377 g/mol. The third kappa shape index (κ3) is 5.11. The van der Waals surface area contributed by atoms with E-state index in [9.17, 15) is 13.2 Å². The molecule has 0 aromatic heterocycles. The fourth-order valence-electron chi connectivity index (χ4n) is 2.42. The van der Waals surface area contributed by atoms with Crippen LogP contribution in [0.1, 0.15) is 27.0 Å². The molecule has 0 atom stereocenters. The van der Waals surface area contributed by atoms with Crippen molar-refractivity contribution in [2.45, 2.75) is 13.8 Å². The van der Waals surface area contributed by atoms with Crippen molar-refractivity contribution in [3.05, 3.63) is 58.7 Å². The molecule has 8 nitrogen and oxygen atoms in total. The number of ketones is 1. The van der Waals surface area contributed by atoms with Crippen molar-refractivity contribution < 1.29 is 21.9 Å². The molecule has 0 amide bonds. The fourth-order valence-corrected chi connectivity index (χ4v) is 2.76. The maximum Gasteiger partial charge on any atom is 0.446 e. The van der Waals surface area contributed by atoms with Gasteiger partial charge in [-0.1, -0.05) is 5.22 Å². The highest BCUT2D eigenvalue weighted by Gasteiger charge is 2.17. The lowest BCUT2D eigenvalue weighted by molar-refractivity contribution is 0.103. The second-order valence-corrected chi connectivity index (χ2v) is 6.88. The van der Waals surface area contributed by atoms with Crippen molar-refractivity contribution >= 4 is 21.9 Å². The molecule has 0 aliphatic carbocycles. The van der Waals surface area contributed by atoms with Gasteiger partial charge in [0.15, 0.2) is 5.78 Å². The third-order valence-electron chi connectivity index (χ3n) is 3.40. The standard InChI is InChI=1S/C17H19N3O5S/c1-11-9-15(25-26(22,23)24)10-12(2)16(11)17(21)13-5-7-14(8-6-13)18-19-20(3)4/h5-10H,1-4H3,(H,22,23,24).